The second-order valence-electron chi connectivity index (χ2n) is 7.05. The summed E-state index contributed by atoms with van der Waals surface area (Å²) in [5.41, 5.74) is 2.17. The van der Waals surface area contributed by atoms with Crippen LogP contribution >= 0.6 is 15.9 Å². The fraction of sp³-hybridized carbons (Fsp3) is 0.182. The van der Waals surface area contributed by atoms with Gasteiger partial charge < -0.3 is 14.8 Å². The molecule has 0 aliphatic rings. The summed E-state index contributed by atoms with van der Waals surface area (Å²) < 4.78 is 13.5. The number of carbonyl (C=O) groups is 3. The Balaban J connectivity index is 1.70. The Labute approximate surface area is 201 Å². The molecule has 0 bridgehead atoms. The van der Waals surface area contributed by atoms with E-state index in [1.165, 1.54) is 43.0 Å². The second kappa shape index (κ2) is 9.43. The van der Waals surface area contributed by atoms with Gasteiger partial charge in [-0.25, -0.2) is 19.1 Å². The molecular weight excluding hydrogens is 508 g/mol. The minimum Gasteiger partial charge on any atom is -0.465 e. The molecule has 0 saturated carbocycles. The van der Waals surface area contributed by atoms with E-state index < -0.39 is 17.8 Å². The van der Waals surface area contributed by atoms with Crippen molar-refractivity contribution >= 4 is 45.1 Å². The number of aromatic nitrogens is 5. The van der Waals surface area contributed by atoms with Crippen LogP contribution in [0, 0.1) is 0 Å². The van der Waals surface area contributed by atoms with Gasteiger partial charge in [0.25, 0.3) is 5.91 Å². The third-order valence-corrected chi connectivity index (χ3v) is 5.49. The molecule has 174 valence electrons. The molecule has 0 saturated heterocycles. The average Bonchev–Trinajstić information content (AvgIpc) is 3.46. The fourth-order valence-electron chi connectivity index (χ4n) is 3.28. The van der Waals surface area contributed by atoms with Crippen LogP contribution in [0.4, 0.5) is 5.69 Å². The van der Waals surface area contributed by atoms with Gasteiger partial charge in [-0.1, -0.05) is 0 Å². The summed E-state index contributed by atoms with van der Waals surface area (Å²) in [6.07, 6.45) is 3.46. The molecule has 4 aromatic rings. The molecule has 0 radical (unpaired) electrons. The van der Waals surface area contributed by atoms with E-state index in [1.807, 2.05) is 13.1 Å². The van der Waals surface area contributed by atoms with E-state index in [-0.39, 0.29) is 22.5 Å². The smallest absolute Gasteiger partial charge is 0.337 e. The third-order valence-electron chi connectivity index (χ3n) is 4.91. The van der Waals surface area contributed by atoms with Gasteiger partial charge in [-0.05, 0) is 47.1 Å². The Morgan fingerprint density at radius 1 is 1.03 bits per heavy atom. The van der Waals surface area contributed by atoms with Crippen molar-refractivity contribution in [3.05, 3.63) is 64.0 Å². The third kappa shape index (κ3) is 4.39. The first-order valence-electron chi connectivity index (χ1n) is 10.1. The standard InChI is InChI=1S/C22H19BrN6O5/c1-4-28-11-15(23)19(27-28)17-5-6-24-18-10-16(26-29(17)18)20(30)25-14-8-12(21(31)33-2)7-13(9-14)22(32)34-3/h5-11H,4H2,1-3H3,(H,25,30). The summed E-state index contributed by atoms with van der Waals surface area (Å²) in [7, 11) is 2.43. The van der Waals surface area contributed by atoms with Gasteiger partial charge in [0, 0.05) is 30.7 Å². The number of hydrogen-bond acceptors (Lipinski definition) is 8. The van der Waals surface area contributed by atoms with E-state index in [9.17, 15) is 14.4 Å². The summed E-state index contributed by atoms with van der Waals surface area (Å²) in [6, 6.07) is 7.38. The lowest BCUT2D eigenvalue weighted by Gasteiger charge is -2.08. The summed E-state index contributed by atoms with van der Waals surface area (Å²) in [5.74, 6) is -1.90. The zero-order chi connectivity index (χ0) is 24.4. The maximum absolute atomic E-state index is 13.0. The second-order valence-corrected chi connectivity index (χ2v) is 7.90. The van der Waals surface area contributed by atoms with Crippen LogP contribution in [0.2, 0.25) is 0 Å². The minimum atomic E-state index is -0.667. The van der Waals surface area contributed by atoms with Crippen LogP contribution in [0.1, 0.15) is 38.1 Å². The zero-order valence-corrected chi connectivity index (χ0v) is 20.0. The number of aryl methyl sites for hydroxylation is 1. The van der Waals surface area contributed by atoms with Gasteiger partial charge in [0.05, 0.1) is 35.5 Å². The Morgan fingerprint density at radius 2 is 1.71 bits per heavy atom. The van der Waals surface area contributed by atoms with Crippen molar-refractivity contribution < 1.29 is 23.9 Å². The minimum absolute atomic E-state index is 0.0779. The molecule has 4 rings (SSSR count). The SMILES string of the molecule is CCn1cc(Br)c(-c2ccnc3cc(C(=O)Nc4cc(C(=O)OC)cc(C(=O)OC)c4)nn23)n1. The van der Waals surface area contributed by atoms with Crippen molar-refractivity contribution in [3.63, 3.8) is 0 Å². The molecule has 1 amide bonds. The van der Waals surface area contributed by atoms with Crippen molar-refractivity contribution in [1.82, 2.24) is 24.4 Å². The number of nitrogens with zero attached hydrogens (tertiary/aromatic N) is 5. The topological polar surface area (TPSA) is 130 Å². The molecule has 0 unspecified atom stereocenters. The predicted molar refractivity (Wildman–Crippen MR) is 125 cm³/mol. The molecule has 34 heavy (non-hydrogen) atoms. The van der Waals surface area contributed by atoms with Crippen LogP contribution in [-0.4, -0.2) is 56.4 Å². The number of amides is 1. The number of hydrogen-bond donors (Lipinski definition) is 1. The van der Waals surface area contributed by atoms with E-state index in [2.05, 4.69) is 36.4 Å². The molecule has 0 fully saturated rings. The number of methoxy groups -OCH3 is 2. The van der Waals surface area contributed by atoms with Gasteiger partial charge >= 0.3 is 11.9 Å². The highest BCUT2D eigenvalue weighted by Gasteiger charge is 2.19. The van der Waals surface area contributed by atoms with E-state index in [0.717, 1.165) is 4.47 Å². The molecule has 0 atom stereocenters. The molecule has 0 aliphatic heterocycles. The van der Waals surface area contributed by atoms with Crippen LogP contribution in [0.5, 0.6) is 0 Å². The molecule has 1 aromatic carbocycles. The van der Waals surface area contributed by atoms with Crippen LogP contribution < -0.4 is 5.32 Å². The maximum atomic E-state index is 13.0. The number of esters is 2. The lowest BCUT2D eigenvalue weighted by atomic mass is 10.1. The molecule has 3 heterocycles. The summed E-state index contributed by atoms with van der Waals surface area (Å²) in [6.45, 7) is 2.67. The lowest BCUT2D eigenvalue weighted by Crippen LogP contribution is -2.15. The van der Waals surface area contributed by atoms with Crippen LogP contribution in [0.3, 0.4) is 0 Å². The molecule has 1 N–H and O–H groups in total. The van der Waals surface area contributed by atoms with Crippen LogP contribution in [-0.2, 0) is 16.0 Å². The van der Waals surface area contributed by atoms with Gasteiger partial charge in [-0.2, -0.15) is 10.2 Å². The quantitative estimate of drug-likeness (QED) is 0.379. The number of benzene rings is 1. The van der Waals surface area contributed by atoms with E-state index in [4.69, 9.17) is 9.47 Å². The summed E-state index contributed by atoms with van der Waals surface area (Å²) in [4.78, 5) is 41.3. The fourth-order valence-corrected chi connectivity index (χ4v) is 3.80. The van der Waals surface area contributed by atoms with Gasteiger partial charge in [0.2, 0.25) is 0 Å². The van der Waals surface area contributed by atoms with Gasteiger partial charge in [-0.15, -0.1) is 0 Å². The zero-order valence-electron chi connectivity index (χ0n) is 18.4. The largest absolute Gasteiger partial charge is 0.465 e. The maximum Gasteiger partial charge on any atom is 0.337 e. The summed E-state index contributed by atoms with van der Waals surface area (Å²) in [5, 5.41) is 11.6. The van der Waals surface area contributed by atoms with Crippen LogP contribution in [0.15, 0.2) is 47.2 Å². The van der Waals surface area contributed by atoms with Crippen molar-refractivity contribution in [2.24, 2.45) is 0 Å². The van der Waals surface area contributed by atoms with Crippen molar-refractivity contribution in [1.29, 1.82) is 0 Å². The van der Waals surface area contributed by atoms with Gasteiger partial charge in [0.15, 0.2) is 11.3 Å². The first kappa shape index (κ1) is 23.1. The number of anilines is 1. The Kier molecular flexibility index (Phi) is 6.41. The summed E-state index contributed by atoms with van der Waals surface area (Å²) >= 11 is 3.51. The number of rotatable bonds is 6. The molecule has 11 nitrogen and oxygen atoms in total. The Hall–Kier alpha value is -4.06. The van der Waals surface area contributed by atoms with Crippen LogP contribution in [0.25, 0.3) is 17.0 Å². The van der Waals surface area contributed by atoms with Crippen molar-refractivity contribution in [2.45, 2.75) is 13.5 Å². The number of fused-ring (bicyclic) bond motifs is 1. The van der Waals surface area contributed by atoms with Crippen molar-refractivity contribution in [3.8, 4) is 11.4 Å². The number of ether oxygens (including phenoxy) is 2. The predicted octanol–water partition coefficient (Wildman–Crippen LogP) is 3.20. The number of halogens is 1. The molecule has 12 heteroatoms. The van der Waals surface area contributed by atoms with E-state index >= 15 is 0 Å². The molecule has 3 aromatic heterocycles. The number of carbonyl (C=O) groups excluding carboxylic acids is 3. The monoisotopic (exact) mass is 526 g/mol. The average molecular weight is 527 g/mol. The Bertz CT molecular complexity index is 1390. The first-order chi connectivity index (χ1) is 16.3. The van der Waals surface area contributed by atoms with Crippen molar-refractivity contribution in [2.75, 3.05) is 19.5 Å². The number of nitrogens with one attached hydrogen (secondary N) is 1. The Morgan fingerprint density at radius 3 is 2.29 bits per heavy atom. The first-order valence-corrected chi connectivity index (χ1v) is 10.8. The highest BCUT2D eigenvalue weighted by Crippen LogP contribution is 2.27. The normalized spacial score (nSPS) is 10.8. The molecule has 0 aliphatic carbocycles. The van der Waals surface area contributed by atoms with E-state index in [0.29, 0.717) is 23.6 Å². The highest BCUT2D eigenvalue weighted by molar-refractivity contribution is 9.10. The molecular formula is C22H19BrN6O5. The van der Waals surface area contributed by atoms with Gasteiger partial charge in [-0.3, -0.25) is 9.48 Å². The lowest BCUT2D eigenvalue weighted by molar-refractivity contribution is 0.0599. The van der Waals surface area contributed by atoms with E-state index in [1.54, 1.807) is 16.9 Å². The molecule has 0 spiro atoms. The highest BCUT2D eigenvalue weighted by atomic mass is 79.9. The van der Waals surface area contributed by atoms with Gasteiger partial charge in [0.1, 0.15) is 5.69 Å².